The maximum absolute atomic E-state index is 12.2. The van der Waals surface area contributed by atoms with Gasteiger partial charge in [-0.3, -0.25) is 4.79 Å². The molecule has 4 aromatic rings. The number of amides is 1. The number of nitrogens with zero attached hydrogens (tertiary/aromatic N) is 3. The minimum absolute atomic E-state index is 0.132. The lowest BCUT2D eigenvalue weighted by molar-refractivity contribution is -0.119. The molecule has 1 unspecified atom stereocenters. The molecule has 0 bridgehead atoms. The van der Waals surface area contributed by atoms with Crippen LogP contribution in [0.3, 0.4) is 0 Å². The van der Waals surface area contributed by atoms with E-state index in [0.717, 1.165) is 27.4 Å². The van der Waals surface area contributed by atoms with E-state index in [0.29, 0.717) is 17.5 Å². The molecule has 1 atom stereocenters. The fourth-order valence-corrected chi connectivity index (χ4v) is 3.91. The smallest absolute Gasteiger partial charge is 0.277 e. The van der Waals surface area contributed by atoms with Crippen LogP contribution in [0.2, 0.25) is 0 Å². The van der Waals surface area contributed by atoms with Crippen LogP contribution in [0.4, 0.5) is 0 Å². The maximum Gasteiger partial charge on any atom is 0.277 e. The van der Waals surface area contributed by atoms with Crippen molar-refractivity contribution >= 4 is 40.0 Å². The second-order valence-electron chi connectivity index (χ2n) is 6.26. The number of thioether (sulfide) groups is 1. The van der Waals surface area contributed by atoms with E-state index in [1.807, 2.05) is 49.6 Å². The zero-order chi connectivity index (χ0) is 19.5. The van der Waals surface area contributed by atoms with Gasteiger partial charge in [-0.05, 0) is 26.0 Å². The highest BCUT2D eigenvalue weighted by atomic mass is 32.2. The first-order chi connectivity index (χ1) is 13.6. The molecule has 28 heavy (non-hydrogen) atoms. The monoisotopic (exact) mass is 414 g/mol. The van der Waals surface area contributed by atoms with E-state index < -0.39 is 0 Å². The summed E-state index contributed by atoms with van der Waals surface area (Å²) in [6.07, 6.45) is 0.493. The second-order valence-corrected chi connectivity index (χ2v) is 8.25. The fourth-order valence-electron chi connectivity index (χ4n) is 2.71. The minimum atomic E-state index is -0.230. The number of fused-ring (bicyclic) bond motifs is 1. The van der Waals surface area contributed by atoms with E-state index in [2.05, 4.69) is 20.5 Å². The van der Waals surface area contributed by atoms with Crippen molar-refractivity contribution in [1.82, 2.24) is 20.5 Å². The molecule has 7 nitrogen and oxygen atoms in total. The Kier molecular flexibility index (Phi) is 5.45. The van der Waals surface area contributed by atoms with E-state index in [1.54, 1.807) is 11.3 Å². The molecule has 3 aromatic heterocycles. The summed E-state index contributed by atoms with van der Waals surface area (Å²) < 4.78 is 11.4. The highest BCUT2D eigenvalue weighted by molar-refractivity contribution is 7.99. The summed E-state index contributed by atoms with van der Waals surface area (Å²) in [4.78, 5) is 16.6. The summed E-state index contributed by atoms with van der Waals surface area (Å²) in [5.74, 6) is 1.26. The SMILES string of the molecule is Cc1nc(Cc2nnc(SCC(=O)NC(C)c3cc4ccccc4o3)o2)cs1. The molecule has 9 heteroatoms. The van der Waals surface area contributed by atoms with Gasteiger partial charge >= 0.3 is 0 Å². The Labute approximate surface area is 169 Å². The predicted octanol–water partition coefficient (Wildman–Crippen LogP) is 4.14. The molecule has 0 radical (unpaired) electrons. The van der Waals surface area contributed by atoms with Gasteiger partial charge in [0.05, 0.1) is 28.9 Å². The number of carbonyl (C=O) groups is 1. The molecule has 0 aliphatic heterocycles. The molecular weight excluding hydrogens is 396 g/mol. The molecule has 1 aromatic carbocycles. The number of furan rings is 1. The van der Waals surface area contributed by atoms with Gasteiger partial charge in [0.2, 0.25) is 11.8 Å². The van der Waals surface area contributed by atoms with Gasteiger partial charge in [-0.2, -0.15) is 0 Å². The van der Waals surface area contributed by atoms with E-state index in [1.165, 1.54) is 11.8 Å². The van der Waals surface area contributed by atoms with Crippen LogP contribution in [-0.2, 0) is 11.2 Å². The van der Waals surface area contributed by atoms with Crippen LogP contribution in [0.5, 0.6) is 0 Å². The lowest BCUT2D eigenvalue weighted by Crippen LogP contribution is -2.27. The standard InChI is InChI=1S/C19H18N4O3S2/c1-11(16-7-13-5-3-4-6-15(13)25-16)20-17(24)10-28-19-23-22-18(26-19)8-14-9-27-12(2)21-14/h3-7,9,11H,8,10H2,1-2H3,(H,20,24). The number of rotatable bonds is 7. The normalized spacial score (nSPS) is 12.4. The van der Waals surface area contributed by atoms with Crippen LogP contribution in [0, 0.1) is 6.92 Å². The zero-order valence-corrected chi connectivity index (χ0v) is 17.0. The van der Waals surface area contributed by atoms with Crippen LogP contribution in [0.25, 0.3) is 11.0 Å². The molecule has 0 spiro atoms. The lowest BCUT2D eigenvalue weighted by atomic mass is 10.2. The number of thiazole rings is 1. The number of carbonyl (C=O) groups excluding carboxylic acids is 1. The first-order valence-corrected chi connectivity index (χ1v) is 10.6. The Bertz CT molecular complexity index is 1070. The Hall–Kier alpha value is -2.65. The van der Waals surface area contributed by atoms with Crippen LogP contribution in [0.1, 0.15) is 35.3 Å². The molecule has 0 fully saturated rings. The lowest BCUT2D eigenvalue weighted by Gasteiger charge is -2.10. The Balaban J connectivity index is 1.29. The number of hydrogen-bond donors (Lipinski definition) is 1. The quantitative estimate of drug-likeness (QED) is 0.454. The zero-order valence-electron chi connectivity index (χ0n) is 15.3. The number of hydrogen-bond acceptors (Lipinski definition) is 8. The first-order valence-electron chi connectivity index (χ1n) is 8.71. The first kappa shape index (κ1) is 18.7. The van der Waals surface area contributed by atoms with Gasteiger partial charge in [-0.15, -0.1) is 21.5 Å². The predicted molar refractivity (Wildman–Crippen MR) is 107 cm³/mol. The largest absolute Gasteiger partial charge is 0.459 e. The third-order valence-electron chi connectivity index (χ3n) is 4.02. The number of aromatic nitrogens is 3. The molecule has 1 amide bonds. The topological polar surface area (TPSA) is 94.0 Å². The summed E-state index contributed by atoms with van der Waals surface area (Å²) >= 11 is 2.79. The van der Waals surface area contributed by atoms with E-state index in [9.17, 15) is 4.79 Å². The molecule has 4 rings (SSSR count). The maximum atomic E-state index is 12.2. The Morgan fingerprint density at radius 2 is 2.14 bits per heavy atom. The molecule has 3 heterocycles. The number of nitrogens with one attached hydrogen (secondary N) is 1. The van der Waals surface area contributed by atoms with Gasteiger partial charge in [0.15, 0.2) is 0 Å². The second kappa shape index (κ2) is 8.15. The summed E-state index contributed by atoms with van der Waals surface area (Å²) in [5, 5.41) is 15.3. The molecule has 1 N–H and O–H groups in total. The highest BCUT2D eigenvalue weighted by Gasteiger charge is 2.16. The van der Waals surface area contributed by atoms with Crippen LogP contribution < -0.4 is 5.32 Å². The fraction of sp³-hybridized carbons (Fsp3) is 0.263. The highest BCUT2D eigenvalue weighted by Crippen LogP contribution is 2.24. The summed E-state index contributed by atoms with van der Waals surface area (Å²) in [6.45, 7) is 3.84. The minimum Gasteiger partial charge on any atom is -0.459 e. The summed E-state index contributed by atoms with van der Waals surface area (Å²) in [7, 11) is 0. The average Bonchev–Trinajstić information content (AvgIpc) is 3.40. The molecule has 144 valence electrons. The molecule has 0 aliphatic rings. The number of para-hydroxylation sites is 1. The van der Waals surface area contributed by atoms with Crippen molar-refractivity contribution in [2.75, 3.05) is 5.75 Å². The number of aryl methyl sites for hydroxylation is 1. The van der Waals surface area contributed by atoms with Gasteiger partial charge in [-0.1, -0.05) is 30.0 Å². The van der Waals surface area contributed by atoms with Gasteiger partial charge in [-0.25, -0.2) is 4.98 Å². The summed E-state index contributed by atoms with van der Waals surface area (Å²) in [6, 6.07) is 9.47. The molecule has 0 saturated carbocycles. The number of benzene rings is 1. The third kappa shape index (κ3) is 4.42. The van der Waals surface area contributed by atoms with Crippen molar-refractivity contribution < 1.29 is 13.6 Å². The van der Waals surface area contributed by atoms with Crippen molar-refractivity contribution in [3.05, 3.63) is 58.1 Å². The average molecular weight is 415 g/mol. The van der Waals surface area contributed by atoms with Crippen molar-refractivity contribution in [3.63, 3.8) is 0 Å². The van der Waals surface area contributed by atoms with E-state index in [4.69, 9.17) is 8.83 Å². The molecule has 0 aliphatic carbocycles. The van der Waals surface area contributed by atoms with Gasteiger partial charge in [0.25, 0.3) is 5.22 Å². The van der Waals surface area contributed by atoms with Crippen LogP contribution in [-0.4, -0.2) is 26.8 Å². The van der Waals surface area contributed by atoms with Crippen molar-refractivity contribution in [1.29, 1.82) is 0 Å². The van der Waals surface area contributed by atoms with Crippen LogP contribution in [0.15, 0.2) is 49.8 Å². The van der Waals surface area contributed by atoms with Crippen LogP contribution >= 0.6 is 23.1 Å². The van der Waals surface area contributed by atoms with Gasteiger partial charge in [0, 0.05) is 10.8 Å². The Morgan fingerprint density at radius 3 is 2.93 bits per heavy atom. The summed E-state index contributed by atoms with van der Waals surface area (Å²) in [5.41, 5.74) is 1.71. The van der Waals surface area contributed by atoms with Crippen molar-refractivity contribution in [2.24, 2.45) is 0 Å². The van der Waals surface area contributed by atoms with Gasteiger partial charge in [0.1, 0.15) is 11.3 Å². The van der Waals surface area contributed by atoms with E-state index in [-0.39, 0.29) is 17.7 Å². The third-order valence-corrected chi connectivity index (χ3v) is 5.66. The molecule has 0 saturated heterocycles. The molecular formula is C19H18N4O3S2. The van der Waals surface area contributed by atoms with Gasteiger partial charge < -0.3 is 14.2 Å². The van der Waals surface area contributed by atoms with Crippen molar-refractivity contribution in [2.45, 2.75) is 31.5 Å². The van der Waals surface area contributed by atoms with E-state index >= 15 is 0 Å². The van der Waals surface area contributed by atoms with Crippen molar-refractivity contribution in [3.8, 4) is 0 Å². The Morgan fingerprint density at radius 1 is 1.29 bits per heavy atom.